The van der Waals surface area contributed by atoms with E-state index in [-0.39, 0.29) is 17.3 Å². The Morgan fingerprint density at radius 2 is 1.55 bits per heavy atom. The Kier molecular flexibility index (Phi) is 5.55. The molecule has 196 valence electrons. The van der Waals surface area contributed by atoms with Crippen LogP contribution < -0.4 is 9.64 Å². The minimum atomic E-state index is -1.53. The van der Waals surface area contributed by atoms with Crippen LogP contribution in [0.5, 0.6) is 5.75 Å². The first-order valence-corrected chi connectivity index (χ1v) is 13.5. The van der Waals surface area contributed by atoms with Gasteiger partial charge in [-0.3, -0.25) is 14.4 Å². The molecule has 0 amide bonds. The lowest BCUT2D eigenvalue weighted by Gasteiger charge is -2.37. The summed E-state index contributed by atoms with van der Waals surface area (Å²) in [5.74, 6) is -0.893. The number of methoxy groups -OCH3 is 1. The second-order valence-electron chi connectivity index (χ2n) is 10.4. The molecule has 3 aliphatic rings. The summed E-state index contributed by atoms with van der Waals surface area (Å²) in [6, 6.07) is 27.4. The van der Waals surface area contributed by atoms with E-state index < -0.39 is 23.4 Å². The molecule has 0 radical (unpaired) electrons. The van der Waals surface area contributed by atoms with E-state index in [2.05, 4.69) is 0 Å². The molecule has 0 bridgehead atoms. The molecular formula is C34H24ClNO4. The van der Waals surface area contributed by atoms with Crippen LogP contribution in [0.25, 0.3) is 6.08 Å². The number of rotatable bonds is 4. The fraction of sp³-hybridized carbons (Fsp3) is 0.147. The van der Waals surface area contributed by atoms with Gasteiger partial charge in [-0.15, -0.1) is 0 Å². The lowest BCUT2D eigenvalue weighted by atomic mass is 9.64. The molecule has 1 saturated heterocycles. The van der Waals surface area contributed by atoms with Crippen LogP contribution in [0.1, 0.15) is 48.1 Å². The Labute approximate surface area is 236 Å². The minimum Gasteiger partial charge on any atom is -0.497 e. The number of carbonyl (C=O) groups is 3. The summed E-state index contributed by atoms with van der Waals surface area (Å²) in [4.78, 5) is 45.9. The second-order valence-corrected chi connectivity index (χ2v) is 10.9. The average molecular weight is 546 g/mol. The van der Waals surface area contributed by atoms with E-state index in [1.165, 1.54) is 0 Å². The molecular weight excluding hydrogens is 522 g/mol. The molecule has 3 atom stereocenters. The zero-order chi connectivity index (χ0) is 27.6. The van der Waals surface area contributed by atoms with Crippen LogP contribution in [0.4, 0.5) is 5.69 Å². The number of hydrogen-bond acceptors (Lipinski definition) is 5. The molecule has 6 heteroatoms. The van der Waals surface area contributed by atoms with Crippen LogP contribution in [-0.4, -0.2) is 36.5 Å². The number of Topliss-reactive ketones (excluding diaryl/α,β-unsaturated/α-hetero) is 3. The summed E-state index contributed by atoms with van der Waals surface area (Å²) >= 11 is 6.36. The van der Waals surface area contributed by atoms with E-state index in [4.69, 9.17) is 16.3 Å². The van der Waals surface area contributed by atoms with Gasteiger partial charge in [-0.25, -0.2) is 0 Å². The van der Waals surface area contributed by atoms with Gasteiger partial charge in [0, 0.05) is 33.3 Å². The van der Waals surface area contributed by atoms with Crippen LogP contribution >= 0.6 is 11.6 Å². The van der Waals surface area contributed by atoms with Crippen molar-refractivity contribution < 1.29 is 19.1 Å². The second kappa shape index (κ2) is 9.04. The third kappa shape index (κ3) is 3.24. The maximum atomic E-state index is 14.7. The van der Waals surface area contributed by atoms with Crippen molar-refractivity contribution >= 4 is 40.7 Å². The van der Waals surface area contributed by atoms with Gasteiger partial charge in [-0.05, 0) is 41.5 Å². The Balaban J connectivity index is 1.54. The molecule has 0 aromatic heterocycles. The van der Waals surface area contributed by atoms with Crippen molar-refractivity contribution in [2.75, 3.05) is 12.0 Å². The van der Waals surface area contributed by atoms with Gasteiger partial charge in [0.2, 0.25) is 0 Å². The molecule has 1 aliphatic carbocycles. The number of hydrogen-bond donors (Lipinski definition) is 0. The van der Waals surface area contributed by atoms with E-state index in [1.54, 1.807) is 61.7 Å². The molecule has 1 spiro atoms. The van der Waals surface area contributed by atoms with Gasteiger partial charge in [0.15, 0.2) is 17.3 Å². The molecule has 4 aromatic rings. The highest BCUT2D eigenvalue weighted by Gasteiger charge is 2.71. The Morgan fingerprint density at radius 3 is 2.25 bits per heavy atom. The Bertz CT molecular complexity index is 1710. The number of ether oxygens (including phenoxy) is 1. The van der Waals surface area contributed by atoms with Crippen LogP contribution in [0.2, 0.25) is 5.02 Å². The molecule has 7 rings (SSSR count). The van der Waals surface area contributed by atoms with E-state index >= 15 is 0 Å². The Hall–Kier alpha value is -4.48. The van der Waals surface area contributed by atoms with Crippen LogP contribution in [0.3, 0.4) is 0 Å². The highest BCUT2D eigenvalue weighted by Crippen LogP contribution is 2.61. The van der Waals surface area contributed by atoms with E-state index in [9.17, 15) is 14.4 Å². The smallest absolute Gasteiger partial charge is 0.186 e. The highest BCUT2D eigenvalue weighted by molar-refractivity contribution is 6.32. The first-order valence-electron chi connectivity index (χ1n) is 13.1. The molecule has 4 aromatic carbocycles. The maximum absolute atomic E-state index is 14.7. The monoisotopic (exact) mass is 545 g/mol. The first kappa shape index (κ1) is 24.6. The van der Waals surface area contributed by atoms with Gasteiger partial charge in [0.05, 0.1) is 13.2 Å². The number of halogens is 1. The van der Waals surface area contributed by atoms with Gasteiger partial charge in [0.25, 0.3) is 0 Å². The summed E-state index contributed by atoms with van der Waals surface area (Å²) in [5.41, 5.74) is 2.06. The number of anilines is 1. The predicted molar refractivity (Wildman–Crippen MR) is 155 cm³/mol. The molecule has 40 heavy (non-hydrogen) atoms. The Morgan fingerprint density at radius 1 is 0.850 bits per heavy atom. The van der Waals surface area contributed by atoms with Crippen molar-refractivity contribution in [1.82, 2.24) is 0 Å². The van der Waals surface area contributed by atoms with Crippen molar-refractivity contribution in [2.24, 2.45) is 5.41 Å². The minimum absolute atomic E-state index is 0.192. The van der Waals surface area contributed by atoms with Gasteiger partial charge >= 0.3 is 0 Å². The highest BCUT2D eigenvalue weighted by atomic mass is 35.5. The summed E-state index contributed by atoms with van der Waals surface area (Å²) in [7, 11) is 1.56. The van der Waals surface area contributed by atoms with Crippen LogP contribution in [0, 0.1) is 5.41 Å². The van der Waals surface area contributed by atoms with Crippen molar-refractivity contribution in [3.63, 3.8) is 0 Å². The summed E-state index contributed by atoms with van der Waals surface area (Å²) in [5, 5.41) is 0.562. The van der Waals surface area contributed by atoms with E-state index in [0.29, 0.717) is 27.5 Å². The maximum Gasteiger partial charge on any atom is 0.186 e. The molecule has 1 fully saturated rings. The lowest BCUT2D eigenvalue weighted by Crippen LogP contribution is -2.48. The van der Waals surface area contributed by atoms with Gasteiger partial charge in [0.1, 0.15) is 17.2 Å². The molecule has 5 nitrogen and oxygen atoms in total. The van der Waals surface area contributed by atoms with Crippen molar-refractivity contribution in [3.8, 4) is 5.75 Å². The zero-order valence-corrected chi connectivity index (χ0v) is 22.3. The molecule has 0 N–H and O–H groups in total. The van der Waals surface area contributed by atoms with Crippen molar-refractivity contribution in [2.45, 2.75) is 18.0 Å². The molecule has 0 saturated carbocycles. The summed E-state index contributed by atoms with van der Waals surface area (Å²) in [6.45, 7) is 0. The van der Waals surface area contributed by atoms with Gasteiger partial charge in [-0.1, -0.05) is 90.5 Å². The largest absolute Gasteiger partial charge is 0.497 e. The fourth-order valence-corrected chi connectivity index (χ4v) is 7.11. The van der Waals surface area contributed by atoms with E-state index in [0.717, 1.165) is 16.8 Å². The summed E-state index contributed by atoms with van der Waals surface area (Å²) < 4.78 is 5.43. The topological polar surface area (TPSA) is 63.7 Å². The molecule has 0 unspecified atom stereocenters. The number of ketones is 3. The number of carbonyl (C=O) groups excluding carboxylic acids is 3. The normalized spacial score (nSPS) is 21.8. The van der Waals surface area contributed by atoms with Crippen molar-refractivity contribution in [3.05, 3.63) is 136 Å². The third-order valence-electron chi connectivity index (χ3n) is 8.55. The molecule has 2 heterocycles. The van der Waals surface area contributed by atoms with E-state index in [1.807, 2.05) is 59.5 Å². The van der Waals surface area contributed by atoms with Gasteiger partial charge < -0.3 is 9.64 Å². The van der Waals surface area contributed by atoms with Crippen molar-refractivity contribution in [1.29, 1.82) is 0 Å². The zero-order valence-electron chi connectivity index (χ0n) is 21.6. The lowest BCUT2D eigenvalue weighted by molar-refractivity contribution is 0.0666. The number of benzene rings is 4. The van der Waals surface area contributed by atoms with Gasteiger partial charge in [-0.2, -0.15) is 0 Å². The molecule has 2 aliphatic heterocycles. The fourth-order valence-electron chi connectivity index (χ4n) is 6.93. The SMILES string of the molecule is COc1cccc(C(=O)[C@H]2[C@H](c3ccccc3)C3(C(=O)c4ccccc4C3=O)[C@H]3C=Cc4cc(Cl)ccc4N23)c1. The number of fused-ring (bicyclic) bond motifs is 5. The number of nitrogens with zero attached hydrogens (tertiary/aromatic N) is 1. The standard InChI is InChI=1S/C34H24ClNO4/c1-40-24-11-7-10-22(19-24)31(37)30-29(20-8-3-2-4-9-20)34(32(38)25-12-5-6-13-26(25)33(34)39)28-17-14-21-18-23(35)15-16-27(21)36(28)30/h2-19,28-30H,1H3/t28-,29+,30-/m1/s1. The predicted octanol–water partition coefficient (Wildman–Crippen LogP) is 6.66. The first-order chi connectivity index (χ1) is 19.5. The third-order valence-corrected chi connectivity index (χ3v) is 8.78. The quantitative estimate of drug-likeness (QED) is 0.212. The van der Waals surface area contributed by atoms with Crippen LogP contribution in [-0.2, 0) is 0 Å². The average Bonchev–Trinajstić information content (AvgIpc) is 3.43. The summed E-state index contributed by atoms with van der Waals surface area (Å²) in [6.07, 6.45) is 3.81. The van der Waals surface area contributed by atoms with Crippen LogP contribution in [0.15, 0.2) is 103 Å².